The van der Waals surface area contributed by atoms with Crippen LogP contribution in [-0.2, 0) is 0 Å². The molecule has 0 radical (unpaired) electrons. The van der Waals surface area contributed by atoms with E-state index in [2.05, 4.69) is 14.9 Å². The molecule has 1 atom stereocenters. The molecule has 6 nitrogen and oxygen atoms in total. The van der Waals surface area contributed by atoms with Crippen molar-refractivity contribution < 1.29 is 27.1 Å². The molecule has 0 aliphatic heterocycles. The molecule has 0 N–H and O–H groups in total. The number of alkyl halides is 2. The molecule has 3 rings (SSSR count). The summed E-state index contributed by atoms with van der Waals surface area (Å²) in [5, 5.41) is 7.44. The third-order valence-corrected chi connectivity index (χ3v) is 4.08. The lowest BCUT2D eigenvalue weighted by Gasteiger charge is -2.08. The molecule has 0 saturated carbocycles. The van der Waals surface area contributed by atoms with Crippen molar-refractivity contribution >= 4 is 17.5 Å². The van der Waals surface area contributed by atoms with E-state index in [4.69, 9.17) is 8.83 Å². The van der Waals surface area contributed by atoms with Gasteiger partial charge in [0.05, 0.1) is 11.5 Å². The first-order valence-electron chi connectivity index (χ1n) is 7.16. The monoisotopic (exact) mass is 366 g/mol. The smallest absolute Gasteiger partial charge is 0.387 e. The van der Waals surface area contributed by atoms with Gasteiger partial charge in [-0.1, -0.05) is 11.8 Å². The molecule has 1 aromatic carbocycles. The van der Waals surface area contributed by atoms with Gasteiger partial charge in [-0.3, -0.25) is 4.79 Å². The van der Waals surface area contributed by atoms with Crippen LogP contribution in [0.1, 0.15) is 17.3 Å². The summed E-state index contributed by atoms with van der Waals surface area (Å²) in [4.78, 5) is 12.4. The van der Waals surface area contributed by atoms with Crippen LogP contribution in [-0.4, -0.2) is 27.8 Å². The Morgan fingerprint density at radius 1 is 1.20 bits per heavy atom. The minimum atomic E-state index is -2.91. The summed E-state index contributed by atoms with van der Waals surface area (Å²) < 4.78 is 39.1. The van der Waals surface area contributed by atoms with Gasteiger partial charge >= 0.3 is 6.61 Å². The maximum absolute atomic E-state index is 12.4. The predicted octanol–water partition coefficient (Wildman–Crippen LogP) is 4.29. The van der Waals surface area contributed by atoms with E-state index in [0.717, 1.165) is 11.8 Å². The molecule has 1 unspecified atom stereocenters. The number of Topliss-reactive ketones (excluding diaryl/α,β-unsaturated/α-hetero) is 1. The zero-order valence-electron chi connectivity index (χ0n) is 12.9. The largest absolute Gasteiger partial charge is 0.459 e. The van der Waals surface area contributed by atoms with Crippen molar-refractivity contribution in [2.45, 2.75) is 24.0 Å². The second-order valence-corrected chi connectivity index (χ2v) is 6.17. The average Bonchev–Trinajstić information content (AvgIpc) is 3.25. The second kappa shape index (κ2) is 7.47. The summed E-state index contributed by atoms with van der Waals surface area (Å²) in [5.74, 6) is 0.451. The minimum Gasteiger partial charge on any atom is -0.459 e. The van der Waals surface area contributed by atoms with Gasteiger partial charge in [0.25, 0.3) is 11.1 Å². The fraction of sp³-hybridized carbons (Fsp3) is 0.188. The van der Waals surface area contributed by atoms with E-state index in [-0.39, 0.29) is 22.6 Å². The van der Waals surface area contributed by atoms with Crippen LogP contribution in [0.4, 0.5) is 8.78 Å². The van der Waals surface area contributed by atoms with Crippen LogP contribution in [0, 0.1) is 0 Å². The van der Waals surface area contributed by atoms with Gasteiger partial charge in [-0.15, -0.1) is 10.2 Å². The van der Waals surface area contributed by atoms with Crippen LogP contribution in [0.25, 0.3) is 11.7 Å². The lowest BCUT2D eigenvalue weighted by Crippen LogP contribution is -2.13. The van der Waals surface area contributed by atoms with Crippen molar-refractivity contribution in [2.24, 2.45) is 0 Å². The summed E-state index contributed by atoms with van der Waals surface area (Å²) in [6.45, 7) is -1.22. The van der Waals surface area contributed by atoms with Gasteiger partial charge in [0.1, 0.15) is 5.75 Å². The molecule has 0 saturated heterocycles. The number of hydrogen-bond acceptors (Lipinski definition) is 7. The first-order valence-corrected chi connectivity index (χ1v) is 8.04. The average molecular weight is 366 g/mol. The van der Waals surface area contributed by atoms with Crippen molar-refractivity contribution in [3.8, 4) is 17.4 Å². The number of carbonyl (C=O) groups excluding carboxylic acids is 1. The fourth-order valence-electron chi connectivity index (χ4n) is 2.00. The van der Waals surface area contributed by atoms with E-state index >= 15 is 0 Å². The molecule has 3 aromatic rings. The first kappa shape index (κ1) is 17.2. The van der Waals surface area contributed by atoms with Gasteiger partial charge in [-0.05, 0) is 43.3 Å². The van der Waals surface area contributed by atoms with Crippen molar-refractivity contribution in [3.63, 3.8) is 0 Å². The van der Waals surface area contributed by atoms with Crippen LogP contribution in [0.3, 0.4) is 0 Å². The maximum Gasteiger partial charge on any atom is 0.387 e. The van der Waals surface area contributed by atoms with E-state index in [1.165, 1.54) is 30.5 Å². The Bertz CT molecular complexity index is 834. The highest BCUT2D eigenvalue weighted by atomic mass is 32.2. The van der Waals surface area contributed by atoms with Crippen LogP contribution >= 0.6 is 11.8 Å². The Morgan fingerprint density at radius 3 is 2.60 bits per heavy atom. The van der Waals surface area contributed by atoms with Gasteiger partial charge in [-0.2, -0.15) is 8.78 Å². The molecule has 0 fully saturated rings. The minimum absolute atomic E-state index is 0.00755. The Morgan fingerprint density at radius 2 is 1.96 bits per heavy atom. The van der Waals surface area contributed by atoms with Crippen molar-refractivity contribution in [1.82, 2.24) is 10.2 Å². The van der Waals surface area contributed by atoms with Gasteiger partial charge in [0.2, 0.25) is 0 Å². The van der Waals surface area contributed by atoms with Crippen LogP contribution in [0.15, 0.2) is 56.7 Å². The number of hydrogen-bond donors (Lipinski definition) is 0. The molecule has 0 amide bonds. The molecule has 25 heavy (non-hydrogen) atoms. The zero-order valence-corrected chi connectivity index (χ0v) is 13.7. The topological polar surface area (TPSA) is 78.4 Å². The highest BCUT2D eigenvalue weighted by Gasteiger charge is 2.21. The normalized spacial score (nSPS) is 12.3. The van der Waals surface area contributed by atoms with Gasteiger partial charge in [0.15, 0.2) is 11.5 Å². The molecular weight excluding hydrogens is 354 g/mol. The molecule has 2 aromatic heterocycles. The number of carbonyl (C=O) groups is 1. The molecule has 9 heteroatoms. The molecule has 0 aliphatic rings. The van der Waals surface area contributed by atoms with Crippen molar-refractivity contribution in [2.75, 3.05) is 0 Å². The van der Waals surface area contributed by atoms with E-state index in [9.17, 15) is 13.6 Å². The van der Waals surface area contributed by atoms with Crippen molar-refractivity contribution in [3.05, 3.63) is 48.2 Å². The highest BCUT2D eigenvalue weighted by Crippen LogP contribution is 2.28. The third kappa shape index (κ3) is 4.24. The number of halogens is 2. The molecule has 130 valence electrons. The maximum atomic E-state index is 12.4. The van der Waals surface area contributed by atoms with Gasteiger partial charge < -0.3 is 13.6 Å². The van der Waals surface area contributed by atoms with Crippen LogP contribution in [0.5, 0.6) is 5.75 Å². The Balaban J connectivity index is 1.64. The number of thioether (sulfide) groups is 1. The van der Waals surface area contributed by atoms with E-state index < -0.39 is 11.9 Å². The lowest BCUT2D eigenvalue weighted by atomic mass is 10.1. The van der Waals surface area contributed by atoms with Gasteiger partial charge in [0, 0.05) is 5.56 Å². The van der Waals surface area contributed by atoms with E-state index in [1.54, 1.807) is 19.1 Å². The predicted molar refractivity (Wildman–Crippen MR) is 84.7 cm³/mol. The summed E-state index contributed by atoms with van der Waals surface area (Å²) >= 11 is 1.10. The molecule has 0 aliphatic carbocycles. The van der Waals surface area contributed by atoms with E-state index in [1.807, 2.05) is 0 Å². The number of nitrogens with zero attached hydrogens (tertiary/aromatic N) is 2. The standard InChI is InChI=1S/C16H12F2N2O4S/c1-9(13(21)10-4-6-11(7-5-10)23-15(17)18)25-16-20-19-14(24-16)12-3-2-8-22-12/h2-9,15H,1H3. The number of aromatic nitrogens is 2. The SMILES string of the molecule is CC(Sc1nnc(-c2ccco2)o1)C(=O)c1ccc(OC(F)F)cc1. The summed E-state index contributed by atoms with van der Waals surface area (Å²) in [6.07, 6.45) is 1.49. The highest BCUT2D eigenvalue weighted by molar-refractivity contribution is 8.00. The molecule has 2 heterocycles. The number of rotatable bonds is 7. The number of ether oxygens (including phenoxy) is 1. The zero-order chi connectivity index (χ0) is 17.8. The quantitative estimate of drug-likeness (QED) is 0.456. The van der Waals surface area contributed by atoms with Gasteiger partial charge in [-0.25, -0.2) is 0 Å². The number of furan rings is 1. The Hall–Kier alpha value is -2.68. The molecule has 0 spiro atoms. The number of ketones is 1. The Labute approximate surface area is 145 Å². The molecular formula is C16H12F2N2O4S. The van der Waals surface area contributed by atoms with Crippen LogP contribution in [0.2, 0.25) is 0 Å². The number of benzene rings is 1. The first-order chi connectivity index (χ1) is 12.0. The Kier molecular flexibility index (Phi) is 5.13. The van der Waals surface area contributed by atoms with Crippen molar-refractivity contribution in [1.29, 1.82) is 0 Å². The summed E-state index contributed by atoms with van der Waals surface area (Å²) in [5.41, 5.74) is 0.368. The third-order valence-electron chi connectivity index (χ3n) is 3.15. The summed E-state index contributed by atoms with van der Waals surface area (Å²) in [7, 11) is 0. The summed E-state index contributed by atoms with van der Waals surface area (Å²) in [6, 6.07) is 8.87. The van der Waals surface area contributed by atoms with E-state index in [0.29, 0.717) is 11.3 Å². The molecule has 0 bridgehead atoms. The second-order valence-electron chi connectivity index (χ2n) is 4.88. The lowest BCUT2D eigenvalue weighted by molar-refractivity contribution is -0.0498. The fourth-order valence-corrected chi connectivity index (χ4v) is 2.76. The van der Waals surface area contributed by atoms with Crippen LogP contribution < -0.4 is 4.74 Å².